The summed E-state index contributed by atoms with van der Waals surface area (Å²) in [6.45, 7) is 1.85. The summed E-state index contributed by atoms with van der Waals surface area (Å²) in [4.78, 5) is 16.8. The summed E-state index contributed by atoms with van der Waals surface area (Å²) in [6.07, 6.45) is 4.09. The van der Waals surface area contributed by atoms with Crippen molar-refractivity contribution in [3.05, 3.63) is 23.8 Å². The fourth-order valence-electron chi connectivity index (χ4n) is 0.668. The molecular formula is C7H9ClN2O2. The van der Waals surface area contributed by atoms with Crippen molar-refractivity contribution in [2.45, 2.75) is 6.92 Å². The van der Waals surface area contributed by atoms with Crippen LogP contribution in [0, 0.1) is 6.92 Å². The highest BCUT2D eigenvalue weighted by Gasteiger charge is 1.91. The fraction of sp³-hybridized carbons (Fsp3) is 0.143. The minimum absolute atomic E-state index is 0. The van der Waals surface area contributed by atoms with Gasteiger partial charge in [-0.15, -0.1) is 12.4 Å². The van der Waals surface area contributed by atoms with E-state index in [1.807, 2.05) is 6.92 Å². The second kappa shape index (κ2) is 4.56. The van der Waals surface area contributed by atoms with Gasteiger partial charge >= 0.3 is 5.97 Å². The Morgan fingerprint density at radius 1 is 1.75 bits per heavy atom. The summed E-state index contributed by atoms with van der Waals surface area (Å²) in [5.41, 5.74) is 0.912. The normalized spacial score (nSPS) is 9.75. The molecule has 0 saturated heterocycles. The molecule has 12 heavy (non-hydrogen) atoms. The van der Waals surface area contributed by atoms with E-state index in [2.05, 4.69) is 9.97 Å². The van der Waals surface area contributed by atoms with E-state index in [1.54, 1.807) is 6.20 Å². The molecule has 2 N–H and O–H groups in total. The first kappa shape index (κ1) is 10.7. The number of rotatable bonds is 2. The molecule has 0 fully saturated rings. The Kier molecular flexibility index (Phi) is 4.07. The van der Waals surface area contributed by atoms with Crippen molar-refractivity contribution in [2.75, 3.05) is 0 Å². The van der Waals surface area contributed by atoms with Gasteiger partial charge < -0.3 is 10.1 Å². The number of aromatic amines is 1. The first-order chi connectivity index (χ1) is 5.18. The second-order valence-electron chi connectivity index (χ2n) is 2.12. The topological polar surface area (TPSA) is 66.0 Å². The van der Waals surface area contributed by atoms with Crippen molar-refractivity contribution >= 4 is 24.5 Å². The van der Waals surface area contributed by atoms with Gasteiger partial charge in [0, 0.05) is 18.0 Å². The molecule has 1 aromatic rings. The molecule has 66 valence electrons. The van der Waals surface area contributed by atoms with E-state index in [4.69, 9.17) is 5.11 Å². The molecule has 4 nitrogen and oxygen atoms in total. The van der Waals surface area contributed by atoms with Crippen molar-refractivity contribution in [3.8, 4) is 0 Å². The van der Waals surface area contributed by atoms with Gasteiger partial charge in [-0.3, -0.25) is 0 Å². The number of hydrogen-bond acceptors (Lipinski definition) is 2. The van der Waals surface area contributed by atoms with E-state index in [0.29, 0.717) is 5.82 Å². The first-order valence-corrected chi connectivity index (χ1v) is 3.11. The van der Waals surface area contributed by atoms with Crippen LogP contribution < -0.4 is 0 Å². The number of H-pyrrole nitrogens is 1. The van der Waals surface area contributed by atoms with Gasteiger partial charge in [0.2, 0.25) is 0 Å². The van der Waals surface area contributed by atoms with E-state index in [1.165, 1.54) is 6.08 Å². The summed E-state index contributed by atoms with van der Waals surface area (Å²) in [7, 11) is 0. The molecule has 0 aromatic carbocycles. The molecule has 5 heteroatoms. The fourth-order valence-corrected chi connectivity index (χ4v) is 0.668. The van der Waals surface area contributed by atoms with Gasteiger partial charge in [-0.2, -0.15) is 0 Å². The van der Waals surface area contributed by atoms with Gasteiger partial charge in [0.15, 0.2) is 0 Å². The van der Waals surface area contributed by atoms with Crippen molar-refractivity contribution in [3.63, 3.8) is 0 Å². The van der Waals surface area contributed by atoms with Crippen molar-refractivity contribution in [1.29, 1.82) is 0 Å². The number of halogens is 1. The zero-order valence-electron chi connectivity index (χ0n) is 6.44. The number of aromatic nitrogens is 2. The van der Waals surface area contributed by atoms with Gasteiger partial charge in [-0.1, -0.05) is 0 Å². The molecule has 0 aliphatic carbocycles. The maximum absolute atomic E-state index is 10.1. The van der Waals surface area contributed by atoms with Crippen LogP contribution in [0.3, 0.4) is 0 Å². The van der Waals surface area contributed by atoms with Crippen LogP contribution in [-0.4, -0.2) is 21.0 Å². The summed E-state index contributed by atoms with van der Waals surface area (Å²) < 4.78 is 0. The van der Waals surface area contributed by atoms with Crippen molar-refractivity contribution < 1.29 is 9.90 Å². The molecule has 0 spiro atoms. The van der Waals surface area contributed by atoms with E-state index >= 15 is 0 Å². The van der Waals surface area contributed by atoms with Crippen LogP contribution in [0.4, 0.5) is 0 Å². The second-order valence-corrected chi connectivity index (χ2v) is 2.12. The summed E-state index contributed by atoms with van der Waals surface area (Å²) >= 11 is 0. The zero-order valence-corrected chi connectivity index (χ0v) is 7.26. The van der Waals surface area contributed by atoms with Crippen LogP contribution in [0.2, 0.25) is 0 Å². The molecule has 1 heterocycles. The Bertz CT molecular complexity index is 293. The summed E-state index contributed by atoms with van der Waals surface area (Å²) in [6, 6.07) is 0. The third kappa shape index (κ3) is 3.21. The number of carboxylic acid groups (broad SMARTS) is 1. The maximum Gasteiger partial charge on any atom is 0.328 e. The molecule has 0 amide bonds. The lowest BCUT2D eigenvalue weighted by molar-refractivity contribution is -0.131. The summed E-state index contributed by atoms with van der Waals surface area (Å²) in [5.74, 6) is -0.413. The predicted molar refractivity (Wildman–Crippen MR) is 47.2 cm³/mol. The lowest BCUT2D eigenvalue weighted by Gasteiger charge is -1.81. The third-order valence-corrected chi connectivity index (χ3v) is 1.11. The molecule has 0 bridgehead atoms. The van der Waals surface area contributed by atoms with Gasteiger partial charge in [0.05, 0.1) is 0 Å². The van der Waals surface area contributed by atoms with Crippen LogP contribution in [0.25, 0.3) is 6.08 Å². The quantitative estimate of drug-likeness (QED) is 0.687. The van der Waals surface area contributed by atoms with Crippen LogP contribution in [0.5, 0.6) is 0 Å². The van der Waals surface area contributed by atoms with Crippen LogP contribution in [0.15, 0.2) is 12.3 Å². The monoisotopic (exact) mass is 188 g/mol. The Labute approximate surface area is 75.7 Å². The van der Waals surface area contributed by atoms with E-state index in [-0.39, 0.29) is 12.4 Å². The van der Waals surface area contributed by atoms with Gasteiger partial charge in [0.25, 0.3) is 0 Å². The first-order valence-electron chi connectivity index (χ1n) is 3.11. The standard InChI is InChI=1S/C7H8N2O2.ClH/c1-5-4-8-6(9-5)2-3-7(10)11;/h2-4H,1H3,(H,8,9)(H,10,11);1H/b3-2+;. The largest absolute Gasteiger partial charge is 0.478 e. The average molecular weight is 189 g/mol. The highest BCUT2D eigenvalue weighted by atomic mass is 35.5. The number of carbonyl (C=O) groups is 1. The van der Waals surface area contributed by atoms with Crippen molar-refractivity contribution in [1.82, 2.24) is 9.97 Å². The minimum Gasteiger partial charge on any atom is -0.478 e. The van der Waals surface area contributed by atoms with Crippen LogP contribution in [0.1, 0.15) is 11.5 Å². The Morgan fingerprint density at radius 2 is 2.42 bits per heavy atom. The molecule has 0 unspecified atom stereocenters. The molecule has 0 saturated carbocycles. The van der Waals surface area contributed by atoms with Crippen LogP contribution >= 0.6 is 12.4 Å². The molecular weight excluding hydrogens is 180 g/mol. The third-order valence-electron chi connectivity index (χ3n) is 1.11. The highest BCUT2D eigenvalue weighted by Crippen LogP contribution is 1.96. The number of imidazole rings is 1. The average Bonchev–Trinajstić information content (AvgIpc) is 2.31. The summed E-state index contributed by atoms with van der Waals surface area (Å²) in [5, 5.41) is 8.25. The molecule has 0 aliphatic heterocycles. The number of nitrogens with zero attached hydrogens (tertiary/aromatic N) is 1. The number of hydrogen-bond donors (Lipinski definition) is 2. The van der Waals surface area contributed by atoms with Crippen molar-refractivity contribution in [2.24, 2.45) is 0 Å². The SMILES string of the molecule is Cc1cnc(/C=C/C(=O)O)[nH]1.Cl. The molecule has 1 rings (SSSR count). The number of aliphatic carboxylic acids is 1. The number of aryl methyl sites for hydroxylation is 1. The van der Waals surface area contributed by atoms with E-state index < -0.39 is 5.97 Å². The van der Waals surface area contributed by atoms with E-state index in [0.717, 1.165) is 11.8 Å². The van der Waals surface area contributed by atoms with Crippen LogP contribution in [-0.2, 0) is 4.79 Å². The Hall–Kier alpha value is -1.29. The zero-order chi connectivity index (χ0) is 8.27. The Morgan fingerprint density at radius 3 is 2.83 bits per heavy atom. The molecule has 0 aliphatic rings. The lowest BCUT2D eigenvalue weighted by atomic mass is 10.5. The van der Waals surface area contributed by atoms with Gasteiger partial charge in [-0.05, 0) is 13.0 Å². The number of nitrogens with one attached hydrogen (secondary N) is 1. The predicted octanol–water partition coefficient (Wildman–Crippen LogP) is 1.24. The Balaban J connectivity index is 0.00000121. The maximum atomic E-state index is 10.1. The lowest BCUT2D eigenvalue weighted by Crippen LogP contribution is -1.86. The van der Waals surface area contributed by atoms with Gasteiger partial charge in [0.1, 0.15) is 5.82 Å². The minimum atomic E-state index is -0.973. The molecule has 0 radical (unpaired) electrons. The smallest absolute Gasteiger partial charge is 0.328 e. The van der Waals surface area contributed by atoms with Gasteiger partial charge in [-0.25, -0.2) is 9.78 Å². The molecule has 0 atom stereocenters. The molecule has 1 aromatic heterocycles. The number of carboxylic acids is 1. The highest BCUT2D eigenvalue weighted by molar-refractivity contribution is 5.85. The van der Waals surface area contributed by atoms with E-state index in [9.17, 15) is 4.79 Å².